The smallest absolute Gasteiger partial charge is 0.254 e. The van der Waals surface area contributed by atoms with Gasteiger partial charge in [0.15, 0.2) is 0 Å². The van der Waals surface area contributed by atoms with Gasteiger partial charge in [-0.2, -0.15) is 0 Å². The number of rotatable bonds is 4. The van der Waals surface area contributed by atoms with E-state index in [0.717, 1.165) is 38.5 Å². The maximum atomic E-state index is 13.6. The molecular weight excluding hydrogens is 427 g/mol. The van der Waals surface area contributed by atoms with E-state index >= 15 is 0 Å². The second-order valence-electron chi connectivity index (χ2n) is 9.14. The van der Waals surface area contributed by atoms with Crippen molar-refractivity contribution in [1.82, 2.24) is 20.4 Å². The van der Waals surface area contributed by atoms with Gasteiger partial charge in [0.2, 0.25) is 17.7 Å². The van der Waals surface area contributed by atoms with Gasteiger partial charge in [-0.15, -0.1) is 0 Å². The summed E-state index contributed by atoms with van der Waals surface area (Å²) in [4.78, 5) is 54.8. The molecule has 2 saturated heterocycles. The lowest BCUT2D eigenvalue weighted by atomic mass is 9.87. The number of piperidine rings is 1. The van der Waals surface area contributed by atoms with E-state index in [4.69, 9.17) is 0 Å². The second-order valence-corrected chi connectivity index (χ2v) is 9.14. The normalized spacial score (nSPS) is 24.2. The first-order valence-corrected chi connectivity index (χ1v) is 11.9. The molecule has 33 heavy (non-hydrogen) atoms. The van der Waals surface area contributed by atoms with Crippen molar-refractivity contribution in [2.24, 2.45) is 5.92 Å². The summed E-state index contributed by atoms with van der Waals surface area (Å²) in [6, 6.07) is 3.91. The van der Waals surface area contributed by atoms with Crippen molar-refractivity contribution in [1.29, 1.82) is 0 Å². The lowest BCUT2D eigenvalue weighted by Crippen LogP contribution is -2.64. The number of carbonyl (C=O) groups is 4. The maximum absolute atomic E-state index is 13.6. The summed E-state index contributed by atoms with van der Waals surface area (Å²) in [5, 5.41) is 5.54. The number of carbonyl (C=O) groups excluding carboxylic acids is 4. The molecule has 178 valence electrons. The summed E-state index contributed by atoms with van der Waals surface area (Å²) in [6.07, 6.45) is 6.01. The second kappa shape index (κ2) is 10.3. The number of hydrogen-bond donors (Lipinski definition) is 2. The van der Waals surface area contributed by atoms with Gasteiger partial charge in [-0.3, -0.25) is 19.2 Å². The fraction of sp³-hybridized carbons (Fsp3) is 0.583. The highest BCUT2D eigenvalue weighted by atomic mass is 19.1. The van der Waals surface area contributed by atoms with Gasteiger partial charge in [0.25, 0.3) is 5.91 Å². The Hall–Kier alpha value is -2.97. The quantitative estimate of drug-likeness (QED) is 0.714. The minimum atomic E-state index is -0.889. The van der Waals surface area contributed by atoms with Crippen LogP contribution >= 0.6 is 0 Å². The van der Waals surface area contributed by atoms with Gasteiger partial charge < -0.3 is 20.4 Å². The minimum Gasteiger partial charge on any atom is -0.354 e. The van der Waals surface area contributed by atoms with Crippen molar-refractivity contribution in [3.8, 4) is 0 Å². The number of amides is 4. The summed E-state index contributed by atoms with van der Waals surface area (Å²) in [5.41, 5.74) is 0.202. The van der Waals surface area contributed by atoms with Crippen LogP contribution in [0.2, 0.25) is 0 Å². The monoisotopic (exact) mass is 458 g/mol. The Balaban J connectivity index is 1.52. The third kappa shape index (κ3) is 5.34. The molecule has 9 heteroatoms. The molecule has 0 bridgehead atoms. The van der Waals surface area contributed by atoms with Gasteiger partial charge >= 0.3 is 0 Å². The van der Waals surface area contributed by atoms with E-state index in [1.165, 1.54) is 29.2 Å². The SMILES string of the molecule is O=C1NCCC[C@@H]1NC(=O)[C@H]1CN(C(=O)c2cccc(F)c2)CCN1C(=O)C1CCCCC1. The Labute approximate surface area is 192 Å². The van der Waals surface area contributed by atoms with Crippen LogP contribution in [0.1, 0.15) is 55.3 Å². The Morgan fingerprint density at radius 3 is 2.55 bits per heavy atom. The largest absolute Gasteiger partial charge is 0.354 e. The molecule has 1 aliphatic carbocycles. The van der Waals surface area contributed by atoms with Crippen LogP contribution < -0.4 is 10.6 Å². The molecule has 0 aromatic heterocycles. The van der Waals surface area contributed by atoms with Crippen LogP contribution in [-0.2, 0) is 14.4 Å². The number of nitrogens with one attached hydrogen (secondary N) is 2. The minimum absolute atomic E-state index is 0.00792. The zero-order valence-corrected chi connectivity index (χ0v) is 18.7. The zero-order valence-electron chi connectivity index (χ0n) is 18.7. The van der Waals surface area contributed by atoms with Crippen molar-refractivity contribution >= 4 is 23.6 Å². The third-order valence-electron chi connectivity index (χ3n) is 6.88. The van der Waals surface area contributed by atoms with Crippen LogP contribution in [0.3, 0.4) is 0 Å². The highest BCUT2D eigenvalue weighted by molar-refractivity contribution is 5.96. The van der Waals surface area contributed by atoms with Crippen LogP contribution in [0.4, 0.5) is 4.39 Å². The number of halogens is 1. The first-order valence-electron chi connectivity index (χ1n) is 11.9. The molecule has 3 fully saturated rings. The number of piperazine rings is 1. The van der Waals surface area contributed by atoms with Crippen molar-refractivity contribution in [3.63, 3.8) is 0 Å². The van der Waals surface area contributed by atoms with Crippen LogP contribution in [0.15, 0.2) is 24.3 Å². The zero-order chi connectivity index (χ0) is 23.4. The average Bonchev–Trinajstić information content (AvgIpc) is 2.84. The molecule has 0 spiro atoms. The average molecular weight is 459 g/mol. The Morgan fingerprint density at radius 1 is 1.03 bits per heavy atom. The van der Waals surface area contributed by atoms with E-state index < -0.39 is 23.8 Å². The van der Waals surface area contributed by atoms with E-state index in [-0.39, 0.29) is 48.8 Å². The van der Waals surface area contributed by atoms with Crippen molar-refractivity contribution in [2.75, 3.05) is 26.2 Å². The molecule has 4 amide bonds. The molecule has 2 heterocycles. The Kier molecular flexibility index (Phi) is 7.25. The van der Waals surface area contributed by atoms with Gasteiger partial charge in [0, 0.05) is 31.1 Å². The van der Waals surface area contributed by atoms with Crippen LogP contribution in [0.25, 0.3) is 0 Å². The van der Waals surface area contributed by atoms with Gasteiger partial charge in [-0.1, -0.05) is 25.3 Å². The molecule has 0 radical (unpaired) electrons. The summed E-state index contributed by atoms with van der Waals surface area (Å²) in [5.74, 6) is -1.73. The van der Waals surface area contributed by atoms with Crippen LogP contribution in [0, 0.1) is 11.7 Å². The molecule has 1 aromatic rings. The highest BCUT2D eigenvalue weighted by Crippen LogP contribution is 2.27. The lowest BCUT2D eigenvalue weighted by Gasteiger charge is -2.42. The van der Waals surface area contributed by atoms with Crippen molar-refractivity contribution < 1.29 is 23.6 Å². The molecule has 3 aliphatic rings. The molecule has 8 nitrogen and oxygen atoms in total. The topological polar surface area (TPSA) is 98.8 Å². The van der Waals surface area contributed by atoms with Crippen LogP contribution in [-0.4, -0.2) is 71.7 Å². The third-order valence-corrected chi connectivity index (χ3v) is 6.88. The summed E-state index contributed by atoms with van der Waals surface area (Å²) < 4.78 is 13.6. The van der Waals surface area contributed by atoms with E-state index in [0.29, 0.717) is 13.0 Å². The van der Waals surface area contributed by atoms with Crippen LogP contribution in [0.5, 0.6) is 0 Å². The van der Waals surface area contributed by atoms with E-state index in [1.54, 1.807) is 4.90 Å². The highest BCUT2D eigenvalue weighted by Gasteiger charge is 2.40. The molecule has 1 saturated carbocycles. The summed E-state index contributed by atoms with van der Waals surface area (Å²) >= 11 is 0. The van der Waals surface area contributed by atoms with Gasteiger partial charge in [-0.25, -0.2) is 4.39 Å². The van der Waals surface area contributed by atoms with Gasteiger partial charge in [0.05, 0.1) is 6.54 Å². The number of hydrogen-bond acceptors (Lipinski definition) is 4. The summed E-state index contributed by atoms with van der Waals surface area (Å²) in [7, 11) is 0. The fourth-order valence-electron chi connectivity index (χ4n) is 5.02. The Morgan fingerprint density at radius 2 is 1.82 bits per heavy atom. The first kappa shape index (κ1) is 23.2. The van der Waals surface area contributed by atoms with Gasteiger partial charge in [-0.05, 0) is 43.9 Å². The summed E-state index contributed by atoms with van der Waals surface area (Å²) in [6.45, 7) is 1.08. The van der Waals surface area contributed by atoms with E-state index in [2.05, 4.69) is 10.6 Å². The molecule has 2 N–H and O–H groups in total. The maximum Gasteiger partial charge on any atom is 0.254 e. The predicted octanol–water partition coefficient (Wildman–Crippen LogP) is 1.45. The van der Waals surface area contributed by atoms with Crippen molar-refractivity contribution in [3.05, 3.63) is 35.6 Å². The molecule has 2 atom stereocenters. The van der Waals surface area contributed by atoms with E-state index in [1.807, 2.05) is 0 Å². The van der Waals surface area contributed by atoms with Gasteiger partial charge in [0.1, 0.15) is 17.9 Å². The standard InChI is InChI=1S/C24H31FN4O4/c25-18-9-4-8-17(14-18)23(32)28-12-13-29(24(33)16-6-2-1-3-7-16)20(15-28)22(31)27-19-10-5-11-26-21(19)30/h4,8-9,14,16,19-20H,1-3,5-7,10-13,15H2,(H,26,30)(H,27,31)/t19-,20+/m0/s1. The molecule has 4 rings (SSSR count). The molecule has 0 unspecified atom stereocenters. The number of benzene rings is 1. The molecular formula is C24H31FN4O4. The van der Waals surface area contributed by atoms with E-state index in [9.17, 15) is 23.6 Å². The Bertz CT molecular complexity index is 917. The lowest BCUT2D eigenvalue weighted by molar-refractivity contribution is -0.148. The molecule has 1 aromatic carbocycles. The first-order chi connectivity index (χ1) is 15.9. The fourth-order valence-corrected chi connectivity index (χ4v) is 5.02. The number of nitrogens with zero attached hydrogens (tertiary/aromatic N) is 2. The predicted molar refractivity (Wildman–Crippen MR) is 119 cm³/mol. The molecule has 2 aliphatic heterocycles. The van der Waals surface area contributed by atoms with Crippen molar-refractivity contribution in [2.45, 2.75) is 57.0 Å².